The van der Waals surface area contributed by atoms with Gasteiger partial charge in [-0.25, -0.2) is 0 Å². The van der Waals surface area contributed by atoms with Gasteiger partial charge in [0.1, 0.15) is 0 Å². The Hall–Kier alpha value is -1.35. The van der Waals surface area contributed by atoms with Crippen molar-refractivity contribution >= 4 is 5.91 Å². The van der Waals surface area contributed by atoms with Crippen molar-refractivity contribution in [3.05, 3.63) is 34.9 Å². The van der Waals surface area contributed by atoms with E-state index >= 15 is 0 Å². The number of benzene rings is 1. The lowest BCUT2D eigenvalue weighted by Gasteiger charge is -2.26. The molecule has 1 heterocycles. The van der Waals surface area contributed by atoms with Gasteiger partial charge >= 0.3 is 0 Å². The summed E-state index contributed by atoms with van der Waals surface area (Å²) in [7, 11) is 0. The van der Waals surface area contributed by atoms with E-state index in [1.165, 1.54) is 29.5 Å². The summed E-state index contributed by atoms with van der Waals surface area (Å²) in [5, 5.41) is 3.49. The normalized spacial score (nSPS) is 18.0. The molecule has 116 valence electrons. The van der Waals surface area contributed by atoms with E-state index in [1.807, 2.05) is 4.90 Å². The fraction of sp³-hybridized carbons (Fsp3) is 0.611. The number of rotatable bonds is 6. The van der Waals surface area contributed by atoms with Gasteiger partial charge in [-0.1, -0.05) is 30.7 Å². The lowest BCUT2D eigenvalue weighted by Crippen LogP contribution is -2.42. The van der Waals surface area contributed by atoms with E-state index in [1.54, 1.807) is 0 Å². The lowest BCUT2D eigenvalue weighted by atomic mass is 10.0. The molecular formula is C18H28N2O. The Bertz CT molecular complexity index is 478. The van der Waals surface area contributed by atoms with Crippen LogP contribution < -0.4 is 5.32 Å². The zero-order valence-corrected chi connectivity index (χ0v) is 13.6. The van der Waals surface area contributed by atoms with E-state index in [9.17, 15) is 4.79 Å². The molecule has 1 aliphatic rings. The summed E-state index contributed by atoms with van der Waals surface area (Å²) in [6.45, 7) is 9.12. The van der Waals surface area contributed by atoms with Crippen molar-refractivity contribution in [2.45, 2.75) is 52.5 Å². The second-order valence-corrected chi connectivity index (χ2v) is 6.24. The standard InChI is InChI=1S/C18H28N2O/c1-4-10-20(13-17-6-5-9-19-17)18(21)12-16-11-14(2)7-8-15(16)3/h7-8,11,17,19H,4-6,9-10,12-13H2,1-3H3. The second-order valence-electron chi connectivity index (χ2n) is 6.24. The molecule has 1 saturated heterocycles. The number of carbonyl (C=O) groups is 1. The Morgan fingerprint density at radius 1 is 1.38 bits per heavy atom. The van der Waals surface area contributed by atoms with Crippen LogP contribution in [-0.2, 0) is 11.2 Å². The number of amides is 1. The zero-order valence-electron chi connectivity index (χ0n) is 13.6. The number of hydrogen-bond acceptors (Lipinski definition) is 2. The van der Waals surface area contributed by atoms with Crippen molar-refractivity contribution in [2.75, 3.05) is 19.6 Å². The van der Waals surface area contributed by atoms with E-state index in [2.05, 4.69) is 44.3 Å². The van der Waals surface area contributed by atoms with Gasteiger partial charge in [-0.15, -0.1) is 0 Å². The molecule has 3 nitrogen and oxygen atoms in total. The van der Waals surface area contributed by atoms with Crippen LogP contribution >= 0.6 is 0 Å². The Morgan fingerprint density at radius 2 is 2.19 bits per heavy atom. The minimum atomic E-state index is 0.263. The maximum atomic E-state index is 12.7. The van der Waals surface area contributed by atoms with Crippen LogP contribution in [0.25, 0.3) is 0 Å². The van der Waals surface area contributed by atoms with Gasteiger partial charge in [0.05, 0.1) is 6.42 Å². The number of hydrogen-bond donors (Lipinski definition) is 1. The third-order valence-corrected chi connectivity index (χ3v) is 4.30. The van der Waals surface area contributed by atoms with Crippen LogP contribution in [0.15, 0.2) is 18.2 Å². The first-order valence-corrected chi connectivity index (χ1v) is 8.17. The minimum Gasteiger partial charge on any atom is -0.341 e. The molecule has 1 fully saturated rings. The van der Waals surface area contributed by atoms with E-state index in [0.29, 0.717) is 12.5 Å². The van der Waals surface area contributed by atoms with Crippen molar-refractivity contribution in [2.24, 2.45) is 0 Å². The third kappa shape index (κ3) is 4.57. The zero-order chi connectivity index (χ0) is 15.2. The van der Waals surface area contributed by atoms with Gasteiger partial charge in [0.2, 0.25) is 5.91 Å². The molecule has 1 unspecified atom stereocenters. The Labute approximate surface area is 128 Å². The van der Waals surface area contributed by atoms with Crippen molar-refractivity contribution < 1.29 is 4.79 Å². The van der Waals surface area contributed by atoms with E-state index in [-0.39, 0.29) is 5.91 Å². The van der Waals surface area contributed by atoms with Crippen LogP contribution in [0, 0.1) is 13.8 Å². The number of carbonyl (C=O) groups excluding carboxylic acids is 1. The molecule has 0 saturated carbocycles. The first kappa shape index (κ1) is 16.0. The SMILES string of the molecule is CCCN(CC1CCCN1)C(=O)Cc1cc(C)ccc1C. The molecule has 2 rings (SSSR count). The maximum Gasteiger partial charge on any atom is 0.227 e. The Balaban J connectivity index is 2.01. The molecule has 1 aliphatic heterocycles. The summed E-state index contributed by atoms with van der Waals surface area (Å²) in [5.41, 5.74) is 3.60. The summed E-state index contributed by atoms with van der Waals surface area (Å²) in [4.78, 5) is 14.7. The van der Waals surface area contributed by atoms with Crippen LogP contribution in [0.3, 0.4) is 0 Å². The molecule has 0 aromatic heterocycles. The summed E-state index contributed by atoms with van der Waals surface area (Å²) >= 11 is 0. The Morgan fingerprint density at radius 3 is 2.86 bits per heavy atom. The topological polar surface area (TPSA) is 32.3 Å². The van der Waals surface area contributed by atoms with Crippen LogP contribution in [0.1, 0.15) is 42.9 Å². The summed E-state index contributed by atoms with van der Waals surface area (Å²) in [5.74, 6) is 0.263. The second kappa shape index (κ2) is 7.60. The molecule has 0 radical (unpaired) electrons. The molecule has 1 amide bonds. The predicted molar refractivity (Wildman–Crippen MR) is 87.5 cm³/mol. The smallest absolute Gasteiger partial charge is 0.227 e. The quantitative estimate of drug-likeness (QED) is 0.873. The molecule has 0 spiro atoms. The molecule has 1 atom stereocenters. The number of aryl methyl sites for hydroxylation is 2. The maximum absolute atomic E-state index is 12.7. The Kier molecular flexibility index (Phi) is 5.80. The fourth-order valence-electron chi connectivity index (χ4n) is 3.03. The summed E-state index contributed by atoms with van der Waals surface area (Å²) in [6.07, 6.45) is 3.97. The minimum absolute atomic E-state index is 0.263. The van der Waals surface area contributed by atoms with E-state index in [4.69, 9.17) is 0 Å². The van der Waals surface area contributed by atoms with Gasteiger partial charge in [0, 0.05) is 19.1 Å². The highest BCUT2D eigenvalue weighted by molar-refractivity contribution is 5.79. The number of nitrogens with zero attached hydrogens (tertiary/aromatic N) is 1. The average molecular weight is 288 g/mol. The molecule has 3 heteroatoms. The summed E-state index contributed by atoms with van der Waals surface area (Å²) in [6, 6.07) is 6.85. The van der Waals surface area contributed by atoms with Crippen LogP contribution in [-0.4, -0.2) is 36.5 Å². The summed E-state index contributed by atoms with van der Waals surface area (Å²) < 4.78 is 0. The van der Waals surface area contributed by atoms with Gasteiger partial charge in [-0.3, -0.25) is 4.79 Å². The van der Waals surface area contributed by atoms with Gasteiger partial charge in [0.15, 0.2) is 0 Å². The molecule has 0 bridgehead atoms. The predicted octanol–water partition coefficient (Wildman–Crippen LogP) is 2.84. The molecular weight excluding hydrogens is 260 g/mol. The molecule has 21 heavy (non-hydrogen) atoms. The van der Waals surface area contributed by atoms with Gasteiger partial charge in [-0.2, -0.15) is 0 Å². The van der Waals surface area contributed by atoms with Crippen molar-refractivity contribution in [3.63, 3.8) is 0 Å². The highest BCUT2D eigenvalue weighted by atomic mass is 16.2. The van der Waals surface area contributed by atoms with E-state index in [0.717, 1.165) is 26.1 Å². The molecule has 1 aromatic rings. The van der Waals surface area contributed by atoms with Crippen LogP contribution in [0.5, 0.6) is 0 Å². The van der Waals surface area contributed by atoms with Gasteiger partial charge < -0.3 is 10.2 Å². The molecule has 1 N–H and O–H groups in total. The monoisotopic (exact) mass is 288 g/mol. The van der Waals surface area contributed by atoms with Gasteiger partial charge in [0.25, 0.3) is 0 Å². The first-order chi connectivity index (χ1) is 10.1. The highest BCUT2D eigenvalue weighted by Crippen LogP contribution is 2.14. The van der Waals surface area contributed by atoms with Crippen LogP contribution in [0.4, 0.5) is 0 Å². The van der Waals surface area contributed by atoms with Crippen LogP contribution in [0.2, 0.25) is 0 Å². The average Bonchev–Trinajstić information content (AvgIpc) is 2.95. The third-order valence-electron chi connectivity index (χ3n) is 4.30. The first-order valence-electron chi connectivity index (χ1n) is 8.17. The van der Waals surface area contributed by atoms with Gasteiger partial charge in [-0.05, 0) is 50.8 Å². The van der Waals surface area contributed by atoms with E-state index < -0.39 is 0 Å². The van der Waals surface area contributed by atoms with Crippen molar-refractivity contribution in [3.8, 4) is 0 Å². The van der Waals surface area contributed by atoms with Crippen molar-refractivity contribution in [1.82, 2.24) is 10.2 Å². The highest BCUT2D eigenvalue weighted by Gasteiger charge is 2.21. The molecule has 1 aromatic carbocycles. The number of nitrogens with one attached hydrogen (secondary N) is 1. The fourth-order valence-corrected chi connectivity index (χ4v) is 3.03. The molecule has 0 aliphatic carbocycles. The lowest BCUT2D eigenvalue weighted by molar-refractivity contribution is -0.130. The van der Waals surface area contributed by atoms with Crippen molar-refractivity contribution in [1.29, 1.82) is 0 Å². The largest absolute Gasteiger partial charge is 0.341 e.